The molecule has 9 saturated heterocycles. The lowest BCUT2D eigenvalue weighted by atomic mass is 9.77. The topological polar surface area (TPSA) is 350 Å². The van der Waals surface area contributed by atoms with Gasteiger partial charge >= 0.3 is 0 Å². The second-order valence-electron chi connectivity index (χ2n) is 38.6. The van der Waals surface area contributed by atoms with E-state index in [-0.39, 0.29) is 182 Å². The first-order chi connectivity index (χ1) is 56.5. The van der Waals surface area contributed by atoms with Crippen LogP contribution in [-0.4, -0.2) is 307 Å². The normalized spacial score (nSPS) is 42.2. The second kappa shape index (κ2) is 50.8. The Morgan fingerprint density at radius 1 is 0.350 bits per heavy atom. The van der Waals surface area contributed by atoms with Crippen LogP contribution < -0.4 is 5.73 Å². The summed E-state index contributed by atoms with van der Waals surface area (Å²) in [5, 5.41) is 32.6. The predicted octanol–water partition coefficient (Wildman–Crippen LogP) is 14.5. The molecule has 0 aliphatic carbocycles. The number of ketones is 1. The second-order valence-corrected chi connectivity index (χ2v) is 38.6. The molecule has 5 N–H and O–H groups in total. The minimum atomic E-state index is -1.02. The summed E-state index contributed by atoms with van der Waals surface area (Å²) < 4.78 is 140. The number of carbonyl (C=O) groups excluding carboxylic acids is 1. The molecule has 9 heterocycles. The number of hydrogen-bond acceptors (Lipinski definition) is 31. The molecule has 9 aliphatic rings. The van der Waals surface area contributed by atoms with Gasteiger partial charge in [0, 0.05) is 120 Å². The van der Waals surface area contributed by atoms with E-state index in [9.17, 15) is 15.0 Å². The third-order valence-electron chi connectivity index (χ3n) is 25.9. The number of aliphatic hydroxyl groups excluding tert-OH is 1. The van der Waals surface area contributed by atoms with Crippen LogP contribution in [0.1, 0.15) is 294 Å². The number of hydrogen-bond donors (Lipinski definition) is 4. The van der Waals surface area contributed by atoms with Crippen molar-refractivity contribution in [3.05, 3.63) is 0 Å². The van der Waals surface area contributed by atoms with Crippen LogP contribution in [0.5, 0.6) is 0 Å². The lowest BCUT2D eigenvalue weighted by Crippen LogP contribution is -2.64. The van der Waals surface area contributed by atoms with Crippen LogP contribution in [-0.2, 0) is 123 Å². The molecule has 0 aromatic rings. The third kappa shape index (κ3) is 33.6. The van der Waals surface area contributed by atoms with Crippen molar-refractivity contribution in [2.45, 2.75) is 510 Å². The monoisotopic (exact) mass is 1780 g/mol. The molecule has 31 heteroatoms. The van der Waals surface area contributed by atoms with E-state index in [2.05, 4.69) is 53.6 Å². The van der Waals surface area contributed by atoms with Crippen LogP contribution in [0.3, 0.4) is 0 Å². The molecule has 0 amide bonds. The first-order valence-corrected chi connectivity index (χ1v) is 45.0. The Morgan fingerprint density at radius 2 is 0.634 bits per heavy atom. The number of oxime groups is 1. The summed E-state index contributed by atoms with van der Waals surface area (Å²) >= 11 is 0. The Hall–Kier alpha value is -1.98. The van der Waals surface area contributed by atoms with E-state index in [0.29, 0.717) is 62.7 Å². The van der Waals surface area contributed by atoms with Crippen molar-refractivity contribution in [3.8, 4) is 0 Å². The van der Waals surface area contributed by atoms with Crippen LogP contribution in [0.4, 0.5) is 0 Å². The fourth-order valence-corrected chi connectivity index (χ4v) is 16.3. The highest BCUT2D eigenvalue weighted by Crippen LogP contribution is 2.51. The number of Topliss-reactive ketones (excluding diaryl/α,β-unsaturated/α-hetero) is 1. The minimum absolute atomic E-state index is 0.00921. The molecular formula is C92H180N2O29. The Labute approximate surface area is 743 Å². The van der Waals surface area contributed by atoms with Gasteiger partial charge in [-0.1, -0.05) is 19.0 Å². The maximum atomic E-state index is 11.8. The van der Waals surface area contributed by atoms with Crippen molar-refractivity contribution in [1.29, 1.82) is 0 Å². The number of carbonyl (C=O) groups is 1. The number of methoxy groups -OCH3 is 8. The number of aliphatic hydroxyl groups is 2. The summed E-state index contributed by atoms with van der Waals surface area (Å²) in [7, 11) is 13.3. The molecular weight excluding hydrogens is 1600 g/mol. The highest BCUT2D eigenvalue weighted by Gasteiger charge is 2.67. The molecule has 31 nitrogen and oxygen atoms in total. The molecule has 9 rings (SSSR count). The molecule has 0 aromatic heterocycles. The highest BCUT2D eigenvalue weighted by atomic mass is 16.7. The van der Waals surface area contributed by atoms with Crippen molar-refractivity contribution in [3.63, 3.8) is 0 Å². The van der Waals surface area contributed by atoms with Crippen molar-refractivity contribution in [2.24, 2.45) is 22.7 Å². The van der Waals surface area contributed by atoms with E-state index in [4.69, 9.17) is 129 Å². The van der Waals surface area contributed by atoms with Gasteiger partial charge in [-0.3, -0.25) is 4.79 Å². The van der Waals surface area contributed by atoms with Crippen LogP contribution >= 0.6 is 0 Å². The van der Waals surface area contributed by atoms with Crippen LogP contribution in [0.15, 0.2) is 5.16 Å². The van der Waals surface area contributed by atoms with Gasteiger partial charge in [0.05, 0.1) is 121 Å². The minimum Gasteiger partial charge on any atom is -0.411 e. The summed E-state index contributed by atoms with van der Waals surface area (Å²) in [4.78, 5) is 11.8. The van der Waals surface area contributed by atoms with Crippen LogP contribution in [0.2, 0.25) is 0 Å². The van der Waals surface area contributed by atoms with Gasteiger partial charge < -0.3 is 140 Å². The lowest BCUT2D eigenvalue weighted by Gasteiger charge is -2.51. The molecule has 0 aromatic carbocycles. The fourth-order valence-electron chi connectivity index (χ4n) is 16.3. The summed E-state index contributed by atoms with van der Waals surface area (Å²) in [6, 6.07) is -0.116. The highest BCUT2D eigenvalue weighted by molar-refractivity contribution is 5.96. The van der Waals surface area contributed by atoms with E-state index in [1.165, 1.54) is 0 Å². The van der Waals surface area contributed by atoms with E-state index in [1.807, 2.05) is 173 Å². The first kappa shape index (κ1) is 117. The fraction of sp³-hybridized carbons (Fsp3) is 0.978. The summed E-state index contributed by atoms with van der Waals surface area (Å²) in [5.41, 5.74) is 1.66. The van der Waals surface area contributed by atoms with E-state index < -0.39 is 40.2 Å². The lowest BCUT2D eigenvalue weighted by molar-refractivity contribution is -0.317. The van der Waals surface area contributed by atoms with Crippen molar-refractivity contribution >= 4 is 11.5 Å². The van der Waals surface area contributed by atoms with Crippen molar-refractivity contribution in [1.82, 2.24) is 0 Å². The molecule has 123 heavy (non-hydrogen) atoms. The molecule has 30 unspecified atom stereocenters. The Kier molecular flexibility index (Phi) is 48.3. The number of nitrogens with two attached hydrogens (primary N) is 1. The van der Waals surface area contributed by atoms with E-state index in [0.717, 1.165) is 12.8 Å². The number of rotatable bonds is 24. The molecule has 9 aliphatic heterocycles. The standard InChI is InChI=1S/C12H22O4.C12H24O4.2C12H24O3.C11H21NO4.C11H23NO3.C11H22O4.C11H20O4/c1-8(2)15-10-6-11(4,13-5)12(7-14-12)9(3)16-10;1-8(2)15-10-7-11(4,14-6)12(5,13)9(3)16-10;2*1-8(2)14-11-7-12(5,13-6)9(3)10(4)15-11;1-7(2)15-9-6-11(4,14-5)10(12-13)8(3)16-9;3*1-7(2)14-9-6-11(4,13-5)10(12)8(3)15-9/h8-10H,6-7H2,1-5H3;8-10,13H,7H2,1-6H3;2*8-11H,7H2,1-6H3;7-9,13H,6H2,1-5H3;7-10H,6,12H2,1-5H3;7-10,12H,6H2,1-5H3;7-9H,6H2,1-5H3/b;;;;12-10-;;;. The van der Waals surface area contributed by atoms with Crippen molar-refractivity contribution in [2.75, 3.05) is 63.5 Å². The zero-order valence-electron chi connectivity index (χ0n) is 84.5. The maximum absolute atomic E-state index is 11.8. The molecule has 0 bridgehead atoms. The molecule has 732 valence electrons. The average molecular weight is 1780 g/mol. The van der Waals surface area contributed by atoms with Gasteiger partial charge in [0.2, 0.25) is 0 Å². The Morgan fingerprint density at radius 3 is 0.951 bits per heavy atom. The quantitative estimate of drug-likeness (QED) is 0.0396. The Bertz CT molecular complexity index is 2770. The van der Waals surface area contributed by atoms with Crippen LogP contribution in [0, 0.1) is 11.8 Å². The maximum Gasteiger partial charge on any atom is 0.192 e. The first-order valence-electron chi connectivity index (χ1n) is 45.0. The van der Waals surface area contributed by atoms with Gasteiger partial charge in [0.15, 0.2) is 56.1 Å². The van der Waals surface area contributed by atoms with E-state index in [1.54, 1.807) is 77.6 Å². The zero-order valence-corrected chi connectivity index (χ0v) is 84.5. The molecule has 0 saturated carbocycles. The number of ether oxygens (including phenoxy) is 25. The zero-order chi connectivity index (χ0) is 95.1. The molecule has 30 atom stereocenters. The number of epoxide rings is 1. The van der Waals surface area contributed by atoms with Crippen LogP contribution in [0.25, 0.3) is 0 Å². The summed E-state index contributed by atoms with van der Waals surface area (Å²) in [6.45, 7) is 69.7. The predicted molar refractivity (Wildman–Crippen MR) is 471 cm³/mol. The SMILES string of the molecule is COC1(C)CC(OC(C)C)OC(C)/C1=N/O.COC1(C)CC(OC(C)C)OC(C)C1(C)O.COC1(C)CC(OC(C)C)OC(C)C12CO2.COC1(C)CC(OC(C)C)OC(C)C1=O.COC1(C)CC(OC(C)C)OC(C)C1C.COC1(C)CC(OC(C)C)OC(C)C1C.COC1(C)CC(OC(C)C)OC(C)C1N.COC1(C)CC(OC(C)C)OC(C)C1O. The van der Waals surface area contributed by atoms with Gasteiger partial charge in [-0.25, -0.2) is 0 Å². The smallest absolute Gasteiger partial charge is 0.192 e. The van der Waals surface area contributed by atoms with Crippen molar-refractivity contribution < 1.29 is 139 Å². The molecule has 9 fully saturated rings. The largest absolute Gasteiger partial charge is 0.411 e. The van der Waals surface area contributed by atoms with Gasteiger partial charge in [-0.2, -0.15) is 0 Å². The number of nitrogens with zero attached hydrogens (tertiary/aromatic N) is 1. The average Bonchev–Trinajstić information content (AvgIpc) is 1.56. The summed E-state index contributed by atoms with van der Waals surface area (Å²) in [5.74, 6) is 0.748. The van der Waals surface area contributed by atoms with E-state index >= 15 is 0 Å². The molecule has 1 spiro atoms. The third-order valence-corrected chi connectivity index (χ3v) is 25.9. The Balaban J connectivity index is 0.000000476. The van der Waals surface area contributed by atoms with Gasteiger partial charge in [0.25, 0.3) is 0 Å². The molecule has 0 radical (unpaired) electrons. The van der Waals surface area contributed by atoms with Gasteiger partial charge in [0.1, 0.15) is 57.6 Å². The van der Waals surface area contributed by atoms with Gasteiger partial charge in [-0.15, -0.1) is 0 Å². The summed E-state index contributed by atoms with van der Waals surface area (Å²) in [6.07, 6.45) is 2.42. The van der Waals surface area contributed by atoms with Gasteiger partial charge in [-0.05, 0) is 228 Å².